The molecule has 0 unspecified atom stereocenters. The molecule has 0 amide bonds. The van der Waals surface area contributed by atoms with Crippen molar-refractivity contribution in [2.45, 2.75) is 6.18 Å². The zero-order chi connectivity index (χ0) is 20.2. The molecular formula is C16H11Cl2F4N3O2. The van der Waals surface area contributed by atoms with E-state index < -0.39 is 24.3 Å². The van der Waals surface area contributed by atoms with E-state index >= 15 is 0 Å². The van der Waals surface area contributed by atoms with E-state index in [1.165, 1.54) is 7.05 Å². The molecule has 1 aromatic heterocycles. The summed E-state index contributed by atoms with van der Waals surface area (Å²) in [6.45, 7) is -0.594. The Hall–Kier alpha value is -2.44. The van der Waals surface area contributed by atoms with Crippen LogP contribution in [-0.2, 0) is 18.1 Å². The summed E-state index contributed by atoms with van der Waals surface area (Å²) >= 11 is 11.7. The lowest BCUT2D eigenvalue weighted by atomic mass is 10.1. The zero-order valence-corrected chi connectivity index (χ0v) is 15.2. The summed E-state index contributed by atoms with van der Waals surface area (Å²) in [6, 6.07) is 2.86. The number of benzene rings is 1. The monoisotopic (exact) mass is 423 g/mol. The molecule has 0 radical (unpaired) electrons. The molecule has 0 saturated carbocycles. The van der Waals surface area contributed by atoms with Gasteiger partial charge in [-0.25, -0.2) is 9.07 Å². The fourth-order valence-corrected chi connectivity index (χ4v) is 2.40. The highest BCUT2D eigenvalue weighted by molar-refractivity contribution is 6.37. The second kappa shape index (κ2) is 8.50. The summed E-state index contributed by atoms with van der Waals surface area (Å²) in [5.41, 5.74) is -1.06. The third-order valence-electron chi connectivity index (χ3n) is 3.13. The van der Waals surface area contributed by atoms with Gasteiger partial charge in [0.25, 0.3) is 0 Å². The standard InChI is InChI=1S/C16H11Cl2F4N3O2/c1-3-4-27-24-13(9-5-12(19)11(18)6-10(9)17)8-26-15-7-14(16(20,21)22)23-25(15)2/h1,5-7H,4,8H2,2H3/b24-13-. The van der Waals surface area contributed by atoms with Crippen LogP contribution in [0.15, 0.2) is 23.4 Å². The van der Waals surface area contributed by atoms with Crippen molar-refractivity contribution < 1.29 is 27.1 Å². The molecule has 0 bridgehead atoms. The Bertz CT molecular complexity index is 904. The molecule has 5 nitrogen and oxygen atoms in total. The smallest absolute Gasteiger partial charge is 0.435 e. The van der Waals surface area contributed by atoms with E-state index in [0.29, 0.717) is 6.07 Å². The summed E-state index contributed by atoms with van der Waals surface area (Å²) in [5.74, 6) is 1.20. The van der Waals surface area contributed by atoms with Crippen molar-refractivity contribution in [1.29, 1.82) is 0 Å². The first-order valence-corrected chi connectivity index (χ1v) is 7.90. The van der Waals surface area contributed by atoms with Gasteiger partial charge in [-0.15, -0.1) is 6.42 Å². The zero-order valence-electron chi connectivity index (χ0n) is 13.6. The number of alkyl halides is 3. The second-order valence-corrected chi connectivity index (χ2v) is 5.85. The molecule has 0 aliphatic heterocycles. The van der Waals surface area contributed by atoms with Crippen LogP contribution in [0, 0.1) is 18.2 Å². The highest BCUT2D eigenvalue weighted by atomic mass is 35.5. The number of nitrogens with zero attached hydrogens (tertiary/aromatic N) is 3. The quantitative estimate of drug-likeness (QED) is 0.173. The molecular weight excluding hydrogens is 413 g/mol. The lowest BCUT2D eigenvalue weighted by Gasteiger charge is -2.11. The predicted octanol–water partition coefficient (Wildman–Crippen LogP) is 4.32. The Kier molecular flexibility index (Phi) is 6.57. The van der Waals surface area contributed by atoms with Crippen LogP contribution in [0.4, 0.5) is 17.6 Å². The van der Waals surface area contributed by atoms with Gasteiger partial charge in [0.05, 0.1) is 10.0 Å². The van der Waals surface area contributed by atoms with E-state index in [1.807, 2.05) is 0 Å². The fraction of sp³-hybridized carbons (Fsp3) is 0.250. The summed E-state index contributed by atoms with van der Waals surface area (Å²) in [4.78, 5) is 4.86. The van der Waals surface area contributed by atoms with E-state index in [-0.39, 0.29) is 33.8 Å². The van der Waals surface area contributed by atoms with Gasteiger partial charge in [-0.2, -0.15) is 18.3 Å². The fourth-order valence-electron chi connectivity index (χ4n) is 1.91. The van der Waals surface area contributed by atoms with Gasteiger partial charge in [-0.1, -0.05) is 34.3 Å². The van der Waals surface area contributed by atoms with Gasteiger partial charge in [0.15, 0.2) is 12.3 Å². The molecule has 2 rings (SSSR count). The summed E-state index contributed by atoms with van der Waals surface area (Å²) in [5, 5.41) is 6.86. The summed E-state index contributed by atoms with van der Waals surface area (Å²) < 4.78 is 58.1. The molecule has 0 fully saturated rings. The van der Waals surface area contributed by atoms with E-state index in [0.717, 1.165) is 16.8 Å². The minimum absolute atomic E-state index is 0.0134. The number of aryl methyl sites for hydroxylation is 1. The van der Waals surface area contributed by atoms with Crippen LogP contribution < -0.4 is 4.74 Å². The van der Waals surface area contributed by atoms with Crippen LogP contribution in [0.2, 0.25) is 10.0 Å². The van der Waals surface area contributed by atoms with Crippen molar-refractivity contribution in [2.75, 3.05) is 13.2 Å². The maximum atomic E-state index is 13.8. The molecule has 27 heavy (non-hydrogen) atoms. The van der Waals surface area contributed by atoms with Crippen LogP contribution in [0.3, 0.4) is 0 Å². The number of rotatable bonds is 6. The van der Waals surface area contributed by atoms with Crippen molar-refractivity contribution in [3.8, 4) is 18.2 Å². The van der Waals surface area contributed by atoms with Crippen molar-refractivity contribution in [1.82, 2.24) is 9.78 Å². The summed E-state index contributed by atoms with van der Waals surface area (Å²) in [7, 11) is 1.27. The number of oxime groups is 1. The first-order chi connectivity index (χ1) is 12.6. The number of ether oxygens (including phenoxy) is 1. The molecule has 0 aliphatic carbocycles. The molecule has 0 saturated heterocycles. The van der Waals surface area contributed by atoms with Gasteiger partial charge in [0, 0.05) is 18.7 Å². The van der Waals surface area contributed by atoms with Crippen molar-refractivity contribution in [2.24, 2.45) is 12.2 Å². The molecule has 0 atom stereocenters. The average Bonchev–Trinajstić information content (AvgIpc) is 2.96. The maximum absolute atomic E-state index is 13.8. The minimum Gasteiger partial charge on any atom is -0.471 e. The highest BCUT2D eigenvalue weighted by Gasteiger charge is 2.35. The van der Waals surface area contributed by atoms with E-state index in [4.69, 9.17) is 39.2 Å². The third-order valence-corrected chi connectivity index (χ3v) is 3.73. The maximum Gasteiger partial charge on any atom is 0.435 e. The molecule has 2 aromatic rings. The van der Waals surface area contributed by atoms with Crippen LogP contribution in [0.5, 0.6) is 5.88 Å². The third kappa shape index (κ3) is 5.28. The molecule has 1 heterocycles. The Morgan fingerprint density at radius 2 is 2.00 bits per heavy atom. The SMILES string of the molecule is C#CCO/N=C(/COc1cc(C(F)(F)F)nn1C)c1cc(F)c(Cl)cc1Cl. The van der Waals surface area contributed by atoms with Crippen LogP contribution in [-0.4, -0.2) is 28.7 Å². The van der Waals surface area contributed by atoms with Gasteiger partial charge in [0.2, 0.25) is 5.88 Å². The van der Waals surface area contributed by atoms with Gasteiger partial charge in [-0.05, 0) is 12.1 Å². The summed E-state index contributed by atoms with van der Waals surface area (Å²) in [6.07, 6.45) is 0.428. The lowest BCUT2D eigenvalue weighted by molar-refractivity contribution is -0.141. The first-order valence-electron chi connectivity index (χ1n) is 7.14. The van der Waals surface area contributed by atoms with Crippen LogP contribution in [0.25, 0.3) is 0 Å². The van der Waals surface area contributed by atoms with Crippen molar-refractivity contribution >= 4 is 28.9 Å². The van der Waals surface area contributed by atoms with Crippen molar-refractivity contribution in [3.05, 3.63) is 45.3 Å². The van der Waals surface area contributed by atoms with Crippen LogP contribution >= 0.6 is 23.2 Å². The van der Waals surface area contributed by atoms with Gasteiger partial charge in [0.1, 0.15) is 18.1 Å². The number of halogens is 6. The molecule has 144 valence electrons. The Morgan fingerprint density at radius 1 is 1.30 bits per heavy atom. The Labute approximate surface area is 161 Å². The molecule has 0 aliphatic rings. The first kappa shape index (κ1) is 20.9. The molecule has 0 N–H and O–H groups in total. The number of hydrogen-bond acceptors (Lipinski definition) is 4. The topological polar surface area (TPSA) is 48.6 Å². The molecule has 0 spiro atoms. The molecule has 11 heteroatoms. The number of hydrogen-bond donors (Lipinski definition) is 0. The second-order valence-electron chi connectivity index (χ2n) is 5.04. The van der Waals surface area contributed by atoms with E-state index in [2.05, 4.69) is 16.2 Å². The molecule has 1 aromatic carbocycles. The number of terminal acetylenes is 1. The average molecular weight is 424 g/mol. The minimum atomic E-state index is -4.63. The van der Waals surface area contributed by atoms with Crippen LogP contribution in [0.1, 0.15) is 11.3 Å². The normalized spacial score (nSPS) is 12.0. The predicted molar refractivity (Wildman–Crippen MR) is 91.4 cm³/mol. The van der Waals surface area contributed by atoms with Crippen molar-refractivity contribution in [3.63, 3.8) is 0 Å². The van der Waals surface area contributed by atoms with Gasteiger partial charge >= 0.3 is 6.18 Å². The lowest BCUT2D eigenvalue weighted by Crippen LogP contribution is -2.16. The number of aromatic nitrogens is 2. The van der Waals surface area contributed by atoms with Gasteiger partial charge in [-0.3, -0.25) is 0 Å². The van der Waals surface area contributed by atoms with Gasteiger partial charge < -0.3 is 9.57 Å². The van der Waals surface area contributed by atoms with E-state index in [1.54, 1.807) is 0 Å². The van der Waals surface area contributed by atoms with E-state index in [9.17, 15) is 17.6 Å². The Balaban J connectivity index is 2.30. The highest BCUT2D eigenvalue weighted by Crippen LogP contribution is 2.30. The largest absolute Gasteiger partial charge is 0.471 e. The Morgan fingerprint density at radius 3 is 2.59 bits per heavy atom.